The second kappa shape index (κ2) is 5.35. The first-order chi connectivity index (χ1) is 7.83. The van der Waals surface area contributed by atoms with Crippen molar-refractivity contribution in [2.24, 2.45) is 5.73 Å². The lowest BCUT2D eigenvalue weighted by Gasteiger charge is -2.14. The van der Waals surface area contributed by atoms with E-state index in [4.69, 9.17) is 10.5 Å². The molecule has 1 aromatic rings. The van der Waals surface area contributed by atoms with Crippen molar-refractivity contribution in [1.82, 2.24) is 0 Å². The summed E-state index contributed by atoms with van der Waals surface area (Å²) in [4.78, 5) is 0. The van der Waals surface area contributed by atoms with E-state index < -0.39 is 24.5 Å². The van der Waals surface area contributed by atoms with Crippen molar-refractivity contribution < 1.29 is 22.3 Å². The Morgan fingerprint density at radius 2 is 2.00 bits per heavy atom. The summed E-state index contributed by atoms with van der Waals surface area (Å²) in [6, 6.07) is 2.94. The number of hydrogen-bond donors (Lipinski definition) is 1. The number of halogens is 4. The van der Waals surface area contributed by atoms with E-state index >= 15 is 0 Å². The fourth-order valence-corrected chi connectivity index (χ4v) is 1.41. The van der Waals surface area contributed by atoms with E-state index in [0.717, 1.165) is 6.07 Å². The molecule has 0 amide bonds. The highest BCUT2D eigenvalue weighted by molar-refractivity contribution is 5.30. The van der Waals surface area contributed by atoms with Crippen LogP contribution >= 0.6 is 0 Å². The van der Waals surface area contributed by atoms with E-state index in [2.05, 4.69) is 0 Å². The SMILES string of the molecule is COc1ccc(C(N)CCC(F)(F)F)c(F)c1. The van der Waals surface area contributed by atoms with Gasteiger partial charge in [-0.1, -0.05) is 6.07 Å². The van der Waals surface area contributed by atoms with E-state index in [0.29, 0.717) is 5.75 Å². The lowest BCUT2D eigenvalue weighted by molar-refractivity contribution is -0.136. The second-order valence-corrected chi connectivity index (χ2v) is 3.65. The Hall–Kier alpha value is -1.30. The number of alkyl halides is 3. The van der Waals surface area contributed by atoms with Gasteiger partial charge in [0.2, 0.25) is 0 Å². The topological polar surface area (TPSA) is 35.2 Å². The van der Waals surface area contributed by atoms with Crippen LogP contribution in [-0.2, 0) is 0 Å². The predicted octanol–water partition coefficient (Wildman–Crippen LogP) is 3.18. The molecule has 0 saturated heterocycles. The quantitative estimate of drug-likeness (QED) is 0.834. The third-order valence-electron chi connectivity index (χ3n) is 2.35. The van der Waals surface area contributed by atoms with Gasteiger partial charge < -0.3 is 10.5 Å². The summed E-state index contributed by atoms with van der Waals surface area (Å²) >= 11 is 0. The minimum atomic E-state index is -4.28. The first-order valence-corrected chi connectivity index (χ1v) is 4.99. The van der Waals surface area contributed by atoms with Crippen LogP contribution in [0.1, 0.15) is 24.4 Å². The Morgan fingerprint density at radius 3 is 2.47 bits per heavy atom. The predicted molar refractivity (Wildman–Crippen MR) is 55.2 cm³/mol. The highest BCUT2D eigenvalue weighted by Crippen LogP contribution is 2.28. The average molecular weight is 251 g/mol. The lowest BCUT2D eigenvalue weighted by atomic mass is 10.0. The molecule has 0 saturated carbocycles. The largest absolute Gasteiger partial charge is 0.497 e. The molecule has 1 aromatic carbocycles. The van der Waals surface area contributed by atoms with E-state index in [-0.39, 0.29) is 12.0 Å². The molecule has 0 aliphatic carbocycles. The van der Waals surface area contributed by atoms with Crippen molar-refractivity contribution in [2.75, 3.05) is 7.11 Å². The first kappa shape index (κ1) is 13.8. The Morgan fingerprint density at radius 1 is 1.35 bits per heavy atom. The average Bonchev–Trinajstić information content (AvgIpc) is 2.24. The Labute approximate surface area is 96.4 Å². The van der Waals surface area contributed by atoms with Gasteiger partial charge in [-0.25, -0.2) is 4.39 Å². The summed E-state index contributed by atoms with van der Waals surface area (Å²) in [6.07, 6.45) is -5.65. The fraction of sp³-hybridized carbons (Fsp3) is 0.455. The van der Waals surface area contributed by atoms with Gasteiger partial charge in [-0.15, -0.1) is 0 Å². The van der Waals surface area contributed by atoms with E-state index in [9.17, 15) is 17.6 Å². The molecule has 1 rings (SSSR count). The molecule has 0 aliphatic heterocycles. The van der Waals surface area contributed by atoms with Crippen molar-refractivity contribution in [2.45, 2.75) is 25.1 Å². The van der Waals surface area contributed by atoms with Crippen LogP contribution in [0.15, 0.2) is 18.2 Å². The number of methoxy groups -OCH3 is 1. The highest BCUT2D eigenvalue weighted by atomic mass is 19.4. The van der Waals surface area contributed by atoms with Crippen LogP contribution in [0.5, 0.6) is 5.75 Å². The smallest absolute Gasteiger partial charge is 0.389 e. The second-order valence-electron chi connectivity index (χ2n) is 3.65. The summed E-state index contributed by atoms with van der Waals surface area (Å²) in [6.45, 7) is 0. The van der Waals surface area contributed by atoms with Crippen LogP contribution in [0, 0.1) is 5.82 Å². The normalized spacial score (nSPS) is 13.5. The minimum absolute atomic E-state index is 0.0649. The number of nitrogens with two attached hydrogens (primary N) is 1. The molecule has 1 unspecified atom stereocenters. The molecule has 0 radical (unpaired) electrons. The highest BCUT2D eigenvalue weighted by Gasteiger charge is 2.28. The molecule has 0 fully saturated rings. The van der Waals surface area contributed by atoms with Gasteiger partial charge in [0.15, 0.2) is 0 Å². The van der Waals surface area contributed by atoms with Gasteiger partial charge in [-0.2, -0.15) is 13.2 Å². The van der Waals surface area contributed by atoms with Crippen molar-refractivity contribution in [3.8, 4) is 5.75 Å². The standard InChI is InChI=1S/C11H13F4NO/c1-17-7-2-3-8(9(12)6-7)10(16)4-5-11(13,14)15/h2-3,6,10H,4-5,16H2,1H3. The molecular formula is C11H13F4NO. The molecule has 0 bridgehead atoms. The molecule has 2 N–H and O–H groups in total. The van der Waals surface area contributed by atoms with Crippen LogP contribution < -0.4 is 10.5 Å². The van der Waals surface area contributed by atoms with Crippen molar-refractivity contribution >= 4 is 0 Å². The van der Waals surface area contributed by atoms with Gasteiger partial charge in [0, 0.05) is 24.1 Å². The summed E-state index contributed by atoms with van der Waals surface area (Å²) in [5, 5.41) is 0. The molecule has 1 atom stereocenters. The third kappa shape index (κ3) is 4.22. The van der Waals surface area contributed by atoms with Gasteiger partial charge in [0.1, 0.15) is 11.6 Å². The molecule has 0 aliphatic rings. The summed E-state index contributed by atoms with van der Waals surface area (Å²) in [5.74, 6) is -0.353. The maximum atomic E-state index is 13.5. The maximum Gasteiger partial charge on any atom is 0.389 e. The van der Waals surface area contributed by atoms with Gasteiger partial charge in [-0.05, 0) is 12.5 Å². The molecule has 0 aromatic heterocycles. The monoisotopic (exact) mass is 251 g/mol. The lowest BCUT2D eigenvalue weighted by Crippen LogP contribution is -2.16. The first-order valence-electron chi connectivity index (χ1n) is 4.99. The van der Waals surface area contributed by atoms with Gasteiger partial charge in [0.05, 0.1) is 7.11 Å². The van der Waals surface area contributed by atoms with Crippen LogP contribution in [-0.4, -0.2) is 13.3 Å². The molecule has 2 nitrogen and oxygen atoms in total. The molecular weight excluding hydrogens is 238 g/mol. The molecule has 0 spiro atoms. The van der Waals surface area contributed by atoms with Crippen molar-refractivity contribution in [3.63, 3.8) is 0 Å². The molecule has 0 heterocycles. The van der Waals surface area contributed by atoms with Gasteiger partial charge >= 0.3 is 6.18 Å². The summed E-state index contributed by atoms with van der Waals surface area (Å²) in [7, 11) is 1.37. The van der Waals surface area contributed by atoms with Crippen LogP contribution in [0.25, 0.3) is 0 Å². The van der Waals surface area contributed by atoms with E-state index in [1.165, 1.54) is 19.2 Å². The fourth-order valence-electron chi connectivity index (χ4n) is 1.41. The van der Waals surface area contributed by atoms with Crippen LogP contribution in [0.2, 0.25) is 0 Å². The third-order valence-corrected chi connectivity index (χ3v) is 2.35. The Kier molecular flexibility index (Phi) is 4.34. The number of hydrogen-bond acceptors (Lipinski definition) is 2. The summed E-state index contributed by atoms with van der Waals surface area (Å²) < 4.78 is 54.2. The molecule has 17 heavy (non-hydrogen) atoms. The maximum absolute atomic E-state index is 13.5. The van der Waals surface area contributed by atoms with Gasteiger partial charge in [0.25, 0.3) is 0 Å². The van der Waals surface area contributed by atoms with Crippen LogP contribution in [0.3, 0.4) is 0 Å². The van der Waals surface area contributed by atoms with E-state index in [1.54, 1.807) is 0 Å². The Balaban J connectivity index is 2.72. The zero-order valence-corrected chi connectivity index (χ0v) is 9.22. The number of rotatable bonds is 4. The summed E-state index contributed by atoms with van der Waals surface area (Å²) in [5.41, 5.74) is 5.58. The number of ether oxygens (including phenoxy) is 1. The molecule has 96 valence electrons. The zero-order chi connectivity index (χ0) is 13.1. The number of benzene rings is 1. The Bertz CT molecular complexity index is 378. The molecule has 6 heteroatoms. The van der Waals surface area contributed by atoms with Crippen molar-refractivity contribution in [1.29, 1.82) is 0 Å². The minimum Gasteiger partial charge on any atom is -0.497 e. The van der Waals surface area contributed by atoms with Crippen molar-refractivity contribution in [3.05, 3.63) is 29.6 Å². The van der Waals surface area contributed by atoms with E-state index in [1.807, 2.05) is 0 Å². The van der Waals surface area contributed by atoms with Gasteiger partial charge in [-0.3, -0.25) is 0 Å². The zero-order valence-electron chi connectivity index (χ0n) is 9.22. The van der Waals surface area contributed by atoms with Crippen LogP contribution in [0.4, 0.5) is 17.6 Å².